The SMILES string of the molecule is CC1CC(Oc2ncc(Br)cc2C(=O)O)CC(C)O1. The molecule has 19 heavy (non-hydrogen) atoms. The molecule has 1 saturated heterocycles. The van der Waals surface area contributed by atoms with E-state index in [9.17, 15) is 4.79 Å². The number of nitrogens with zero attached hydrogens (tertiary/aromatic N) is 1. The Bertz CT molecular complexity index is 470. The minimum Gasteiger partial charge on any atom is -0.477 e. The first-order valence-electron chi connectivity index (χ1n) is 6.16. The van der Waals surface area contributed by atoms with Gasteiger partial charge < -0.3 is 14.6 Å². The van der Waals surface area contributed by atoms with Crippen molar-refractivity contribution >= 4 is 21.9 Å². The normalized spacial score (nSPS) is 27.0. The van der Waals surface area contributed by atoms with Crippen LogP contribution in [0.3, 0.4) is 0 Å². The molecule has 2 rings (SSSR count). The van der Waals surface area contributed by atoms with Crippen LogP contribution in [0.5, 0.6) is 5.88 Å². The summed E-state index contributed by atoms with van der Waals surface area (Å²) in [5, 5.41) is 9.16. The third-order valence-corrected chi connectivity index (χ3v) is 3.41. The molecule has 2 unspecified atom stereocenters. The Kier molecular flexibility index (Phi) is 4.42. The summed E-state index contributed by atoms with van der Waals surface area (Å²) in [7, 11) is 0. The van der Waals surface area contributed by atoms with Gasteiger partial charge in [0.15, 0.2) is 0 Å². The van der Waals surface area contributed by atoms with Crippen molar-refractivity contribution in [1.82, 2.24) is 4.98 Å². The van der Waals surface area contributed by atoms with Crippen molar-refractivity contribution in [2.75, 3.05) is 0 Å². The molecule has 2 atom stereocenters. The standard InChI is InChI=1S/C13H16BrNO4/c1-7-3-10(4-8(2)18-7)19-12-11(13(16)17)5-9(14)6-15-12/h5-8,10H,3-4H2,1-2H3,(H,16,17). The number of halogens is 1. The maximum atomic E-state index is 11.2. The van der Waals surface area contributed by atoms with E-state index in [2.05, 4.69) is 20.9 Å². The molecule has 0 aliphatic carbocycles. The largest absolute Gasteiger partial charge is 0.477 e. The van der Waals surface area contributed by atoms with Gasteiger partial charge in [-0.05, 0) is 35.8 Å². The van der Waals surface area contributed by atoms with E-state index in [4.69, 9.17) is 14.6 Å². The fraction of sp³-hybridized carbons (Fsp3) is 0.538. The van der Waals surface area contributed by atoms with E-state index in [-0.39, 0.29) is 29.8 Å². The van der Waals surface area contributed by atoms with Crippen molar-refractivity contribution in [1.29, 1.82) is 0 Å². The number of carboxylic acids is 1. The van der Waals surface area contributed by atoms with Gasteiger partial charge in [0.1, 0.15) is 11.7 Å². The van der Waals surface area contributed by atoms with Crippen molar-refractivity contribution in [2.45, 2.75) is 45.0 Å². The molecule has 0 spiro atoms. The lowest BCUT2D eigenvalue weighted by Crippen LogP contribution is -2.36. The Morgan fingerprint density at radius 1 is 1.47 bits per heavy atom. The molecule has 1 aliphatic heterocycles. The highest BCUT2D eigenvalue weighted by Crippen LogP contribution is 2.26. The monoisotopic (exact) mass is 329 g/mol. The van der Waals surface area contributed by atoms with Crippen LogP contribution in [0, 0.1) is 0 Å². The number of ether oxygens (including phenoxy) is 2. The predicted octanol–water partition coefficient (Wildman–Crippen LogP) is 2.88. The molecule has 5 nitrogen and oxygen atoms in total. The zero-order valence-corrected chi connectivity index (χ0v) is 12.4. The molecule has 1 aliphatic rings. The fourth-order valence-electron chi connectivity index (χ4n) is 2.27. The molecule has 1 N–H and O–H groups in total. The first-order chi connectivity index (χ1) is 8.95. The van der Waals surface area contributed by atoms with E-state index < -0.39 is 5.97 Å². The molecular weight excluding hydrogens is 314 g/mol. The van der Waals surface area contributed by atoms with Crippen LogP contribution >= 0.6 is 15.9 Å². The van der Waals surface area contributed by atoms with Crippen LogP contribution in [0.15, 0.2) is 16.7 Å². The van der Waals surface area contributed by atoms with Crippen LogP contribution in [-0.4, -0.2) is 34.4 Å². The number of hydrogen-bond acceptors (Lipinski definition) is 4. The number of aromatic nitrogens is 1. The zero-order chi connectivity index (χ0) is 14.0. The highest BCUT2D eigenvalue weighted by Gasteiger charge is 2.27. The summed E-state index contributed by atoms with van der Waals surface area (Å²) < 4.78 is 12.0. The van der Waals surface area contributed by atoms with E-state index >= 15 is 0 Å². The molecule has 1 aromatic rings. The van der Waals surface area contributed by atoms with Crippen molar-refractivity contribution in [3.63, 3.8) is 0 Å². The highest BCUT2D eigenvalue weighted by molar-refractivity contribution is 9.10. The van der Waals surface area contributed by atoms with Gasteiger partial charge in [0.25, 0.3) is 0 Å². The predicted molar refractivity (Wildman–Crippen MR) is 72.6 cm³/mol. The molecule has 0 bridgehead atoms. The summed E-state index contributed by atoms with van der Waals surface area (Å²) in [6.45, 7) is 3.97. The van der Waals surface area contributed by atoms with Gasteiger partial charge in [0.2, 0.25) is 5.88 Å². The minimum absolute atomic E-state index is 0.0643. The van der Waals surface area contributed by atoms with Gasteiger partial charge in [-0.2, -0.15) is 0 Å². The van der Waals surface area contributed by atoms with Crippen LogP contribution < -0.4 is 4.74 Å². The molecule has 0 radical (unpaired) electrons. The second kappa shape index (κ2) is 5.88. The number of carbonyl (C=O) groups is 1. The lowest BCUT2D eigenvalue weighted by atomic mass is 10.0. The highest BCUT2D eigenvalue weighted by atomic mass is 79.9. The smallest absolute Gasteiger partial charge is 0.341 e. The van der Waals surface area contributed by atoms with Crippen LogP contribution in [-0.2, 0) is 4.74 Å². The Morgan fingerprint density at radius 2 is 2.11 bits per heavy atom. The Labute approximate surface area is 120 Å². The molecule has 1 fully saturated rings. The summed E-state index contributed by atoms with van der Waals surface area (Å²) in [5.41, 5.74) is 0.0705. The van der Waals surface area contributed by atoms with Crippen molar-refractivity contribution in [2.24, 2.45) is 0 Å². The third-order valence-electron chi connectivity index (χ3n) is 2.98. The average Bonchev–Trinajstić information content (AvgIpc) is 2.30. The Hall–Kier alpha value is -1.14. The summed E-state index contributed by atoms with van der Waals surface area (Å²) >= 11 is 3.21. The third kappa shape index (κ3) is 3.67. The maximum absolute atomic E-state index is 11.2. The first kappa shape index (κ1) is 14.3. The number of aromatic carboxylic acids is 1. The van der Waals surface area contributed by atoms with Gasteiger partial charge in [-0.25, -0.2) is 9.78 Å². The van der Waals surface area contributed by atoms with E-state index in [1.54, 1.807) is 0 Å². The van der Waals surface area contributed by atoms with E-state index in [0.29, 0.717) is 4.47 Å². The van der Waals surface area contributed by atoms with Gasteiger partial charge in [-0.3, -0.25) is 0 Å². The molecule has 104 valence electrons. The van der Waals surface area contributed by atoms with Crippen LogP contribution in [0.1, 0.15) is 37.0 Å². The average molecular weight is 330 g/mol. The van der Waals surface area contributed by atoms with Gasteiger partial charge in [0, 0.05) is 23.5 Å². The first-order valence-corrected chi connectivity index (χ1v) is 6.96. The van der Waals surface area contributed by atoms with Crippen LogP contribution in [0.25, 0.3) is 0 Å². The lowest BCUT2D eigenvalue weighted by molar-refractivity contribution is -0.0730. The fourth-order valence-corrected chi connectivity index (χ4v) is 2.60. The molecule has 0 saturated carbocycles. The number of pyridine rings is 1. The number of hydrogen-bond donors (Lipinski definition) is 1. The van der Waals surface area contributed by atoms with E-state index in [0.717, 1.165) is 12.8 Å². The molecule has 6 heteroatoms. The molecule has 0 aromatic carbocycles. The lowest BCUT2D eigenvalue weighted by Gasteiger charge is -2.32. The Balaban J connectivity index is 2.16. The van der Waals surface area contributed by atoms with E-state index in [1.165, 1.54) is 12.3 Å². The molecule has 2 heterocycles. The zero-order valence-electron chi connectivity index (χ0n) is 10.8. The van der Waals surface area contributed by atoms with Crippen molar-refractivity contribution in [3.05, 3.63) is 22.3 Å². The van der Waals surface area contributed by atoms with Crippen LogP contribution in [0.2, 0.25) is 0 Å². The summed E-state index contributed by atoms with van der Waals surface area (Å²) in [6, 6.07) is 1.50. The molecule has 1 aromatic heterocycles. The second-order valence-corrected chi connectivity index (χ2v) is 5.70. The van der Waals surface area contributed by atoms with Gasteiger partial charge >= 0.3 is 5.97 Å². The minimum atomic E-state index is -1.04. The number of carboxylic acid groups (broad SMARTS) is 1. The topological polar surface area (TPSA) is 68.7 Å². The number of rotatable bonds is 3. The molecule has 0 amide bonds. The van der Waals surface area contributed by atoms with Crippen molar-refractivity contribution < 1.29 is 19.4 Å². The van der Waals surface area contributed by atoms with Crippen LogP contribution in [0.4, 0.5) is 0 Å². The second-order valence-electron chi connectivity index (χ2n) is 4.78. The summed E-state index contributed by atoms with van der Waals surface area (Å²) in [6.07, 6.45) is 3.16. The quantitative estimate of drug-likeness (QED) is 0.923. The molecular formula is C13H16BrNO4. The van der Waals surface area contributed by atoms with Gasteiger partial charge in [-0.1, -0.05) is 0 Å². The van der Waals surface area contributed by atoms with Crippen molar-refractivity contribution in [3.8, 4) is 5.88 Å². The Morgan fingerprint density at radius 3 is 2.68 bits per heavy atom. The van der Waals surface area contributed by atoms with Gasteiger partial charge in [0.05, 0.1) is 12.2 Å². The summed E-state index contributed by atoms with van der Waals surface area (Å²) in [5.74, 6) is -0.876. The maximum Gasteiger partial charge on any atom is 0.341 e. The van der Waals surface area contributed by atoms with E-state index in [1.807, 2.05) is 13.8 Å². The van der Waals surface area contributed by atoms with Gasteiger partial charge in [-0.15, -0.1) is 0 Å². The summed E-state index contributed by atoms with van der Waals surface area (Å²) in [4.78, 5) is 15.2.